The van der Waals surface area contributed by atoms with Crippen LogP contribution in [0.2, 0.25) is 0 Å². The van der Waals surface area contributed by atoms with E-state index < -0.39 is 0 Å². The lowest BCUT2D eigenvalue weighted by molar-refractivity contribution is -0.126. The van der Waals surface area contributed by atoms with Crippen LogP contribution in [0, 0.1) is 12.8 Å². The van der Waals surface area contributed by atoms with E-state index in [9.17, 15) is 9.59 Å². The van der Waals surface area contributed by atoms with Crippen molar-refractivity contribution in [3.8, 4) is 0 Å². The number of aliphatic hydroxyl groups is 1. The molecule has 7 nitrogen and oxygen atoms in total. The molecule has 0 bridgehead atoms. The zero-order chi connectivity index (χ0) is 17.5. The third-order valence-corrected chi connectivity index (χ3v) is 4.48. The third kappa shape index (κ3) is 4.35. The minimum Gasteiger partial charge on any atom is -0.396 e. The Morgan fingerprint density at radius 3 is 2.96 bits per heavy atom. The molecule has 7 heteroatoms. The third-order valence-electron chi connectivity index (χ3n) is 4.48. The van der Waals surface area contributed by atoms with Crippen LogP contribution in [0.3, 0.4) is 0 Å². The lowest BCUT2D eigenvalue weighted by Gasteiger charge is -2.32. The number of rotatable bonds is 7. The summed E-state index contributed by atoms with van der Waals surface area (Å²) in [5.41, 5.74) is 1.51. The van der Waals surface area contributed by atoms with Gasteiger partial charge < -0.3 is 15.3 Å². The maximum Gasteiger partial charge on any atom is 0.257 e. The zero-order valence-corrected chi connectivity index (χ0v) is 14.6. The Morgan fingerprint density at radius 2 is 2.25 bits per heavy atom. The van der Waals surface area contributed by atoms with Gasteiger partial charge in [-0.2, -0.15) is 5.10 Å². The van der Waals surface area contributed by atoms with Crippen molar-refractivity contribution in [3.05, 3.63) is 17.5 Å². The van der Waals surface area contributed by atoms with Gasteiger partial charge in [-0.15, -0.1) is 0 Å². The van der Waals surface area contributed by atoms with Crippen LogP contribution >= 0.6 is 0 Å². The van der Waals surface area contributed by atoms with Crippen molar-refractivity contribution < 1.29 is 14.7 Å². The topological polar surface area (TPSA) is 87.5 Å². The smallest absolute Gasteiger partial charge is 0.257 e. The molecular weight excluding hydrogens is 308 g/mol. The van der Waals surface area contributed by atoms with E-state index in [-0.39, 0.29) is 24.3 Å². The summed E-state index contributed by atoms with van der Waals surface area (Å²) < 4.78 is 1.86. The molecule has 1 aromatic rings. The number of aromatic nitrogens is 2. The summed E-state index contributed by atoms with van der Waals surface area (Å²) >= 11 is 0. The van der Waals surface area contributed by atoms with Crippen molar-refractivity contribution in [1.82, 2.24) is 20.0 Å². The fourth-order valence-corrected chi connectivity index (χ4v) is 3.07. The predicted molar refractivity (Wildman–Crippen MR) is 90.6 cm³/mol. The number of likely N-dealkylation sites (tertiary alicyclic amines) is 1. The SMILES string of the molecule is CCCn1ncc(C(=O)N2CCC[C@H](C(=O)NCCCO)C2)c1C. The zero-order valence-electron chi connectivity index (χ0n) is 14.6. The van der Waals surface area contributed by atoms with Gasteiger partial charge in [0.2, 0.25) is 5.91 Å². The number of nitrogens with zero attached hydrogens (tertiary/aromatic N) is 3. The molecule has 0 unspecified atom stereocenters. The molecule has 0 aromatic carbocycles. The number of piperidine rings is 1. The molecule has 1 aliphatic rings. The van der Waals surface area contributed by atoms with Gasteiger partial charge in [-0.1, -0.05) is 6.92 Å². The van der Waals surface area contributed by atoms with E-state index >= 15 is 0 Å². The number of hydrogen-bond donors (Lipinski definition) is 2. The molecule has 24 heavy (non-hydrogen) atoms. The van der Waals surface area contributed by atoms with Crippen molar-refractivity contribution in [3.63, 3.8) is 0 Å². The van der Waals surface area contributed by atoms with Crippen LogP contribution in [0.1, 0.15) is 48.7 Å². The minimum absolute atomic E-state index is 0.0284. The van der Waals surface area contributed by atoms with Crippen LogP contribution in [-0.4, -0.2) is 57.8 Å². The molecule has 2 rings (SSSR count). The first-order valence-electron chi connectivity index (χ1n) is 8.78. The van der Waals surface area contributed by atoms with Crippen LogP contribution in [0.15, 0.2) is 6.20 Å². The second kappa shape index (κ2) is 8.82. The number of amides is 2. The molecule has 1 aliphatic heterocycles. The standard InChI is InChI=1S/C17H28N4O3/c1-3-8-21-13(2)15(11-19-21)17(24)20-9-4-6-14(12-20)16(23)18-7-5-10-22/h11,14,22H,3-10,12H2,1-2H3,(H,18,23)/t14-/m0/s1. The molecule has 1 fully saturated rings. The molecule has 0 aliphatic carbocycles. The molecule has 2 heterocycles. The highest BCUT2D eigenvalue weighted by Gasteiger charge is 2.30. The highest BCUT2D eigenvalue weighted by molar-refractivity contribution is 5.95. The average Bonchev–Trinajstić information content (AvgIpc) is 2.95. The molecule has 0 saturated carbocycles. The summed E-state index contributed by atoms with van der Waals surface area (Å²) in [6.45, 7) is 6.46. The Balaban J connectivity index is 1.98. The lowest BCUT2D eigenvalue weighted by Crippen LogP contribution is -2.45. The van der Waals surface area contributed by atoms with Crippen LogP contribution in [0.4, 0.5) is 0 Å². The highest BCUT2D eigenvalue weighted by Crippen LogP contribution is 2.20. The molecule has 134 valence electrons. The lowest BCUT2D eigenvalue weighted by atomic mass is 9.96. The number of carbonyl (C=O) groups excluding carboxylic acids is 2. The van der Waals surface area contributed by atoms with E-state index in [4.69, 9.17) is 5.11 Å². The van der Waals surface area contributed by atoms with E-state index in [0.717, 1.165) is 31.5 Å². The summed E-state index contributed by atoms with van der Waals surface area (Å²) in [5.74, 6) is -0.241. The quantitative estimate of drug-likeness (QED) is 0.726. The molecule has 1 atom stereocenters. The van der Waals surface area contributed by atoms with E-state index in [1.54, 1.807) is 11.1 Å². The summed E-state index contributed by atoms with van der Waals surface area (Å²) in [4.78, 5) is 26.7. The first kappa shape index (κ1) is 18.4. The van der Waals surface area contributed by atoms with Gasteiger partial charge in [0.1, 0.15) is 0 Å². The Kier molecular flexibility index (Phi) is 6.78. The maximum atomic E-state index is 12.8. The normalized spacial score (nSPS) is 17.8. The second-order valence-corrected chi connectivity index (χ2v) is 6.33. The van der Waals surface area contributed by atoms with Gasteiger partial charge in [-0.3, -0.25) is 14.3 Å². The van der Waals surface area contributed by atoms with Crippen molar-refractivity contribution in [2.45, 2.75) is 46.1 Å². The molecule has 1 aromatic heterocycles. The minimum atomic E-state index is -0.174. The predicted octanol–water partition coefficient (Wildman–Crippen LogP) is 0.952. The van der Waals surface area contributed by atoms with Gasteiger partial charge >= 0.3 is 0 Å². The van der Waals surface area contributed by atoms with Crippen LogP contribution in [0.5, 0.6) is 0 Å². The first-order chi connectivity index (χ1) is 11.6. The van der Waals surface area contributed by atoms with Crippen LogP contribution in [-0.2, 0) is 11.3 Å². The van der Waals surface area contributed by atoms with Crippen LogP contribution < -0.4 is 5.32 Å². The highest BCUT2D eigenvalue weighted by atomic mass is 16.3. The van der Waals surface area contributed by atoms with E-state index in [2.05, 4.69) is 17.3 Å². The van der Waals surface area contributed by atoms with Gasteiger partial charge in [0, 0.05) is 38.5 Å². The number of hydrogen-bond acceptors (Lipinski definition) is 4. The molecule has 2 N–H and O–H groups in total. The first-order valence-corrected chi connectivity index (χ1v) is 8.78. The van der Waals surface area contributed by atoms with Gasteiger partial charge in [0.25, 0.3) is 5.91 Å². The summed E-state index contributed by atoms with van der Waals surface area (Å²) in [6.07, 6.45) is 4.78. The fraction of sp³-hybridized carbons (Fsp3) is 0.706. The van der Waals surface area contributed by atoms with E-state index in [1.807, 2.05) is 11.6 Å². The monoisotopic (exact) mass is 336 g/mol. The Labute approximate surface area is 143 Å². The number of aliphatic hydroxyl groups excluding tert-OH is 1. The number of aryl methyl sites for hydroxylation is 1. The summed E-state index contributed by atoms with van der Waals surface area (Å²) in [6, 6.07) is 0. The molecule has 2 amide bonds. The van der Waals surface area contributed by atoms with Gasteiger partial charge in [0.05, 0.1) is 17.7 Å². The Hall–Kier alpha value is -1.89. The summed E-state index contributed by atoms with van der Waals surface area (Å²) in [5, 5.41) is 15.9. The molecular formula is C17H28N4O3. The molecule has 0 radical (unpaired) electrons. The average molecular weight is 336 g/mol. The van der Waals surface area contributed by atoms with Crippen molar-refractivity contribution >= 4 is 11.8 Å². The Bertz CT molecular complexity index is 570. The fourth-order valence-electron chi connectivity index (χ4n) is 3.07. The van der Waals surface area contributed by atoms with E-state index in [1.165, 1.54) is 0 Å². The van der Waals surface area contributed by atoms with Gasteiger partial charge in [-0.05, 0) is 32.6 Å². The van der Waals surface area contributed by atoms with Gasteiger partial charge in [-0.25, -0.2) is 0 Å². The molecule has 1 saturated heterocycles. The van der Waals surface area contributed by atoms with Gasteiger partial charge in [0.15, 0.2) is 0 Å². The number of carbonyl (C=O) groups is 2. The second-order valence-electron chi connectivity index (χ2n) is 6.33. The van der Waals surface area contributed by atoms with Crippen LogP contribution in [0.25, 0.3) is 0 Å². The molecule has 0 spiro atoms. The van der Waals surface area contributed by atoms with Crippen molar-refractivity contribution in [2.75, 3.05) is 26.2 Å². The maximum absolute atomic E-state index is 12.8. The number of nitrogens with one attached hydrogen (secondary N) is 1. The Morgan fingerprint density at radius 1 is 1.46 bits per heavy atom. The van der Waals surface area contributed by atoms with Crippen molar-refractivity contribution in [1.29, 1.82) is 0 Å². The van der Waals surface area contributed by atoms with E-state index in [0.29, 0.717) is 31.6 Å². The largest absolute Gasteiger partial charge is 0.396 e. The summed E-state index contributed by atoms with van der Waals surface area (Å²) in [7, 11) is 0. The van der Waals surface area contributed by atoms with Crippen molar-refractivity contribution in [2.24, 2.45) is 5.92 Å².